The van der Waals surface area contributed by atoms with E-state index in [1.165, 1.54) is 28.3 Å². The molecule has 4 aromatic rings. The largest absolute Gasteiger partial charge is 0.326 e. The average Bonchev–Trinajstić information content (AvgIpc) is 3.35. The highest BCUT2D eigenvalue weighted by molar-refractivity contribution is 8.00. The summed E-state index contributed by atoms with van der Waals surface area (Å²) in [6.45, 7) is 1.86. The zero-order valence-corrected chi connectivity index (χ0v) is 19.4. The Morgan fingerprint density at radius 3 is 2.87 bits per heavy atom. The summed E-state index contributed by atoms with van der Waals surface area (Å²) in [5.74, 6) is 0.825. The Morgan fingerprint density at radius 2 is 2.03 bits per heavy atom. The summed E-state index contributed by atoms with van der Waals surface area (Å²) in [5, 5.41) is 8.06. The molecule has 1 N–H and O–H groups in total. The van der Waals surface area contributed by atoms with Gasteiger partial charge in [-0.3, -0.25) is 9.59 Å². The monoisotopic (exact) mass is 471 g/mol. The van der Waals surface area contributed by atoms with Gasteiger partial charge in [0.2, 0.25) is 10.9 Å². The molecule has 31 heavy (non-hydrogen) atoms. The summed E-state index contributed by atoms with van der Waals surface area (Å²) in [7, 11) is 0. The second-order valence-corrected chi connectivity index (χ2v) is 11.1. The van der Waals surface area contributed by atoms with Crippen LogP contribution in [0.3, 0.4) is 0 Å². The van der Waals surface area contributed by atoms with E-state index in [0.29, 0.717) is 10.7 Å². The number of rotatable bonds is 5. The van der Waals surface area contributed by atoms with Crippen LogP contribution in [0, 0.1) is 12.8 Å². The maximum atomic E-state index is 12.5. The normalized spacial score (nSPS) is 15.0. The van der Waals surface area contributed by atoms with Crippen molar-refractivity contribution in [2.75, 3.05) is 5.32 Å². The predicted molar refractivity (Wildman–Crippen MR) is 126 cm³/mol. The molecule has 5 rings (SSSR count). The van der Waals surface area contributed by atoms with Crippen LogP contribution in [0.4, 0.5) is 5.69 Å². The number of nitrogens with one attached hydrogen (secondary N) is 1. The molecule has 0 saturated heterocycles. The van der Waals surface area contributed by atoms with Crippen molar-refractivity contribution in [1.82, 2.24) is 19.6 Å². The van der Waals surface area contributed by atoms with Crippen LogP contribution >= 0.6 is 34.4 Å². The average molecular weight is 472 g/mol. The number of aryl methyl sites for hydroxylation is 1. The molecule has 0 radical (unpaired) electrons. The van der Waals surface area contributed by atoms with E-state index < -0.39 is 0 Å². The van der Waals surface area contributed by atoms with Crippen molar-refractivity contribution in [2.45, 2.75) is 49.1 Å². The molecular weight excluding hydrogens is 450 g/mol. The highest BCUT2D eigenvalue weighted by atomic mass is 32.2. The Hall–Kier alpha value is -2.30. The molecule has 3 aromatic heterocycles. The number of carbonyl (C=O) groups is 1. The first-order valence-corrected chi connectivity index (χ1v) is 12.9. The molecule has 0 atom stereocenters. The second kappa shape index (κ2) is 8.68. The van der Waals surface area contributed by atoms with Crippen molar-refractivity contribution in [2.24, 2.45) is 5.92 Å². The lowest BCUT2D eigenvalue weighted by Crippen LogP contribution is -2.24. The molecule has 1 aliphatic rings. The molecule has 0 spiro atoms. The number of hydrogen-bond donors (Lipinski definition) is 1. The van der Waals surface area contributed by atoms with Crippen LogP contribution in [0.25, 0.3) is 15.2 Å². The molecule has 1 aliphatic carbocycles. The maximum Gasteiger partial charge on any atom is 0.275 e. The van der Waals surface area contributed by atoms with E-state index >= 15 is 0 Å². The SMILES string of the molecule is Cc1nn2c(=O)cc(CSc3nc4ccc(NC(=O)C5CCCCC5)cc4s3)nc2s1. The van der Waals surface area contributed by atoms with Crippen molar-refractivity contribution in [3.8, 4) is 0 Å². The number of thioether (sulfide) groups is 1. The topological polar surface area (TPSA) is 89.3 Å². The number of amides is 1. The molecule has 3 heterocycles. The Balaban J connectivity index is 1.29. The number of carbonyl (C=O) groups excluding carboxylic acids is 1. The number of benzene rings is 1. The van der Waals surface area contributed by atoms with Crippen molar-refractivity contribution in [3.05, 3.63) is 45.3 Å². The van der Waals surface area contributed by atoms with E-state index in [1.807, 2.05) is 25.1 Å². The summed E-state index contributed by atoms with van der Waals surface area (Å²) in [6, 6.07) is 7.39. The number of nitrogens with zero attached hydrogens (tertiary/aromatic N) is 4. The summed E-state index contributed by atoms with van der Waals surface area (Å²) in [5.41, 5.74) is 2.29. The fourth-order valence-electron chi connectivity index (χ4n) is 3.81. The fraction of sp³-hybridized carbons (Fsp3) is 0.381. The van der Waals surface area contributed by atoms with Gasteiger partial charge in [-0.15, -0.1) is 11.3 Å². The number of aromatic nitrogens is 4. The molecular formula is C21H21N5O2S3. The highest BCUT2D eigenvalue weighted by Gasteiger charge is 2.21. The van der Waals surface area contributed by atoms with Crippen LogP contribution in [-0.2, 0) is 10.5 Å². The minimum atomic E-state index is -0.160. The molecule has 7 nitrogen and oxygen atoms in total. The van der Waals surface area contributed by atoms with Gasteiger partial charge in [-0.1, -0.05) is 42.4 Å². The van der Waals surface area contributed by atoms with Gasteiger partial charge in [-0.05, 0) is 38.0 Å². The summed E-state index contributed by atoms with van der Waals surface area (Å²) in [4.78, 5) is 34.6. The Bertz CT molecular complexity index is 1320. The standard InChI is InChI=1S/C21H21N5O2S3/c1-12-25-26-18(27)10-15(23-20(26)30-12)11-29-21-24-16-8-7-14(9-17(16)31-21)22-19(28)13-5-3-2-4-6-13/h7-10,13H,2-6,11H2,1H3,(H,22,28). The second-order valence-electron chi connectivity index (χ2n) is 7.68. The fourth-order valence-corrected chi connectivity index (χ4v) is 6.58. The van der Waals surface area contributed by atoms with E-state index in [1.54, 1.807) is 23.1 Å². The van der Waals surface area contributed by atoms with Crippen molar-refractivity contribution < 1.29 is 4.79 Å². The van der Waals surface area contributed by atoms with E-state index in [0.717, 1.165) is 56.6 Å². The van der Waals surface area contributed by atoms with Gasteiger partial charge in [-0.2, -0.15) is 9.61 Å². The summed E-state index contributed by atoms with van der Waals surface area (Å²) >= 11 is 4.55. The summed E-state index contributed by atoms with van der Waals surface area (Å²) < 4.78 is 3.29. The predicted octanol–water partition coefficient (Wildman–Crippen LogP) is 4.88. The van der Waals surface area contributed by atoms with Gasteiger partial charge in [0.05, 0.1) is 15.9 Å². The van der Waals surface area contributed by atoms with E-state index in [-0.39, 0.29) is 17.4 Å². The molecule has 0 aliphatic heterocycles. The van der Waals surface area contributed by atoms with Gasteiger partial charge < -0.3 is 5.32 Å². The van der Waals surface area contributed by atoms with Gasteiger partial charge >= 0.3 is 0 Å². The maximum absolute atomic E-state index is 12.5. The van der Waals surface area contributed by atoms with Crippen LogP contribution in [-0.4, -0.2) is 25.5 Å². The Kier molecular flexibility index (Phi) is 5.77. The third-order valence-corrected chi connectivity index (χ3v) is 8.37. The lowest BCUT2D eigenvalue weighted by atomic mass is 9.88. The number of fused-ring (bicyclic) bond motifs is 2. The lowest BCUT2D eigenvalue weighted by Gasteiger charge is -2.20. The third-order valence-electron chi connectivity index (χ3n) is 5.35. The van der Waals surface area contributed by atoms with Gasteiger partial charge in [0, 0.05) is 23.4 Å². The first-order valence-electron chi connectivity index (χ1n) is 10.3. The van der Waals surface area contributed by atoms with E-state index in [4.69, 9.17) is 0 Å². The van der Waals surface area contributed by atoms with Crippen molar-refractivity contribution >= 4 is 61.2 Å². The van der Waals surface area contributed by atoms with Crippen LogP contribution in [0.2, 0.25) is 0 Å². The first kappa shape index (κ1) is 20.6. The molecule has 0 bridgehead atoms. The first-order chi connectivity index (χ1) is 15.0. The lowest BCUT2D eigenvalue weighted by molar-refractivity contribution is -0.120. The minimum absolute atomic E-state index is 0.129. The quantitative estimate of drug-likeness (QED) is 0.417. The Morgan fingerprint density at radius 1 is 1.19 bits per heavy atom. The molecule has 10 heteroatoms. The molecule has 160 valence electrons. The van der Waals surface area contributed by atoms with Crippen LogP contribution in [0.5, 0.6) is 0 Å². The number of anilines is 1. The zero-order chi connectivity index (χ0) is 21.4. The van der Waals surface area contributed by atoms with E-state index in [2.05, 4.69) is 20.4 Å². The third kappa shape index (κ3) is 4.51. The summed E-state index contributed by atoms with van der Waals surface area (Å²) in [6.07, 6.45) is 5.49. The van der Waals surface area contributed by atoms with Gasteiger partial charge in [0.25, 0.3) is 5.56 Å². The zero-order valence-electron chi connectivity index (χ0n) is 17.0. The molecule has 1 saturated carbocycles. The molecule has 0 unspecified atom stereocenters. The van der Waals surface area contributed by atoms with Crippen molar-refractivity contribution in [3.63, 3.8) is 0 Å². The Labute approximate surface area is 190 Å². The van der Waals surface area contributed by atoms with Crippen LogP contribution < -0.4 is 10.9 Å². The molecule has 1 aromatic carbocycles. The van der Waals surface area contributed by atoms with Gasteiger partial charge in [0.1, 0.15) is 5.01 Å². The van der Waals surface area contributed by atoms with Crippen molar-refractivity contribution in [1.29, 1.82) is 0 Å². The molecule has 1 amide bonds. The van der Waals surface area contributed by atoms with Crippen LogP contribution in [0.1, 0.15) is 42.8 Å². The van der Waals surface area contributed by atoms with Gasteiger partial charge in [0.15, 0.2) is 4.34 Å². The molecule has 1 fully saturated rings. The smallest absolute Gasteiger partial charge is 0.275 e. The van der Waals surface area contributed by atoms with Gasteiger partial charge in [-0.25, -0.2) is 9.97 Å². The minimum Gasteiger partial charge on any atom is -0.326 e. The van der Waals surface area contributed by atoms with E-state index in [9.17, 15) is 9.59 Å². The number of thiazole rings is 1. The van der Waals surface area contributed by atoms with Crippen LogP contribution in [0.15, 0.2) is 33.4 Å². The number of hydrogen-bond acceptors (Lipinski definition) is 8. The highest BCUT2D eigenvalue weighted by Crippen LogP contribution is 2.33.